The molecule has 0 amide bonds. The summed E-state index contributed by atoms with van der Waals surface area (Å²) in [5.41, 5.74) is 9.50. The van der Waals surface area contributed by atoms with Gasteiger partial charge in [0.1, 0.15) is 0 Å². The van der Waals surface area contributed by atoms with E-state index in [0.717, 1.165) is 44.5 Å². The molecule has 0 N–H and O–H groups in total. The summed E-state index contributed by atoms with van der Waals surface area (Å²) in [4.78, 5) is 15.9. The summed E-state index contributed by atoms with van der Waals surface area (Å²) in [6, 6.07) is 85.9. The van der Waals surface area contributed by atoms with E-state index in [-0.39, 0.29) is 5.41 Å². The van der Waals surface area contributed by atoms with Crippen molar-refractivity contribution in [2.45, 2.75) is 26.2 Å². The Morgan fingerprint density at radius 1 is 0.348 bits per heavy atom. The molecule has 0 unspecified atom stereocenters. The van der Waals surface area contributed by atoms with Crippen LogP contribution in [0.1, 0.15) is 26.3 Å². The van der Waals surface area contributed by atoms with Gasteiger partial charge in [-0.1, -0.05) is 32.9 Å². The molecule has 4 nitrogen and oxygen atoms in total. The molecule has 0 aliphatic heterocycles. The van der Waals surface area contributed by atoms with Crippen molar-refractivity contribution in [2.75, 3.05) is 0 Å². The molecule has 0 bridgehead atoms. The monoisotopic (exact) mass is 910 g/mol. The molecule has 0 aliphatic carbocycles. The van der Waals surface area contributed by atoms with E-state index in [2.05, 4.69) is 226 Å². The van der Waals surface area contributed by atoms with Gasteiger partial charge in [-0.15, -0.1) is 0 Å². The molecule has 0 saturated heterocycles. The van der Waals surface area contributed by atoms with Gasteiger partial charge in [-0.05, 0) is 0 Å². The minimum absolute atomic E-state index is 0.0461. The van der Waals surface area contributed by atoms with E-state index in [0.29, 0.717) is 17.5 Å². The predicted molar refractivity (Wildman–Crippen MR) is 278 cm³/mol. The van der Waals surface area contributed by atoms with Gasteiger partial charge in [0, 0.05) is 0 Å². The maximum atomic E-state index is 5.37. The Bertz CT molecular complexity index is 3340. The molecular formula is C61H48GeN4. The quantitative estimate of drug-likeness (QED) is 0.136. The average molecular weight is 910 g/mol. The first-order valence-electron chi connectivity index (χ1n) is 22.7. The number of para-hydroxylation sites is 1. The van der Waals surface area contributed by atoms with Gasteiger partial charge in [-0.3, -0.25) is 0 Å². The summed E-state index contributed by atoms with van der Waals surface area (Å²) in [7, 11) is 0. The van der Waals surface area contributed by atoms with Crippen LogP contribution >= 0.6 is 0 Å². The summed E-state index contributed by atoms with van der Waals surface area (Å²) in [5, 5.41) is 2.41. The summed E-state index contributed by atoms with van der Waals surface area (Å²) in [5.74, 6) is 1.86. The number of nitrogens with zero attached hydrogens (tertiary/aromatic N) is 4. The third kappa shape index (κ3) is 7.34. The van der Waals surface area contributed by atoms with Crippen molar-refractivity contribution in [3.63, 3.8) is 0 Å². The fourth-order valence-corrected chi connectivity index (χ4v) is 19.8. The van der Waals surface area contributed by atoms with E-state index in [4.69, 9.17) is 15.0 Å². The van der Waals surface area contributed by atoms with Crippen LogP contribution in [0.3, 0.4) is 0 Å². The van der Waals surface area contributed by atoms with E-state index in [1.54, 1.807) is 0 Å². The first-order chi connectivity index (χ1) is 32.4. The van der Waals surface area contributed by atoms with Crippen LogP contribution in [0, 0.1) is 0 Å². The zero-order valence-corrected chi connectivity index (χ0v) is 39.4. The molecule has 0 radical (unpaired) electrons. The number of hydrogen-bond donors (Lipinski definition) is 0. The van der Waals surface area contributed by atoms with Crippen molar-refractivity contribution >= 4 is 52.7 Å². The molecule has 0 spiro atoms. The zero-order valence-electron chi connectivity index (χ0n) is 37.3. The van der Waals surface area contributed by atoms with Crippen molar-refractivity contribution in [1.82, 2.24) is 19.5 Å². The molecule has 0 aliphatic rings. The summed E-state index contributed by atoms with van der Waals surface area (Å²) in [6.45, 7) is 6.84. The molecule has 0 saturated carbocycles. The normalized spacial score (nSPS) is 11.9. The number of fused-ring (bicyclic) bond motifs is 3. The minimum atomic E-state index is -3.58. The van der Waals surface area contributed by atoms with Gasteiger partial charge < -0.3 is 0 Å². The van der Waals surface area contributed by atoms with Crippen LogP contribution in [0.4, 0.5) is 0 Å². The average Bonchev–Trinajstić information content (AvgIpc) is 3.71. The van der Waals surface area contributed by atoms with E-state index in [1.165, 1.54) is 33.9 Å². The molecule has 2 heterocycles. The van der Waals surface area contributed by atoms with E-state index in [1.807, 2.05) is 36.4 Å². The van der Waals surface area contributed by atoms with Gasteiger partial charge in [0.25, 0.3) is 0 Å². The van der Waals surface area contributed by atoms with Gasteiger partial charge >= 0.3 is 359 Å². The Kier molecular flexibility index (Phi) is 10.6. The fraction of sp³-hybridized carbons (Fsp3) is 0.0656. The third-order valence-corrected chi connectivity index (χ3v) is 23.0. The first-order valence-corrected chi connectivity index (χ1v) is 26.9. The maximum absolute atomic E-state index is 5.37. The second kappa shape index (κ2) is 17.0. The summed E-state index contributed by atoms with van der Waals surface area (Å²) in [6.07, 6.45) is 0. The van der Waals surface area contributed by atoms with Crippen LogP contribution in [0.5, 0.6) is 0 Å². The van der Waals surface area contributed by atoms with Gasteiger partial charge in [0.2, 0.25) is 0 Å². The zero-order chi connectivity index (χ0) is 44.7. The Hall–Kier alpha value is -7.67. The summed E-state index contributed by atoms with van der Waals surface area (Å²) >= 11 is -3.58. The Morgan fingerprint density at radius 2 is 0.803 bits per heavy atom. The molecule has 0 fully saturated rings. The van der Waals surface area contributed by atoms with Crippen molar-refractivity contribution in [3.05, 3.63) is 242 Å². The fourth-order valence-electron chi connectivity index (χ4n) is 9.71. The second-order valence-corrected chi connectivity index (χ2v) is 26.0. The van der Waals surface area contributed by atoms with Crippen molar-refractivity contribution < 1.29 is 0 Å². The Morgan fingerprint density at radius 3 is 1.36 bits per heavy atom. The van der Waals surface area contributed by atoms with E-state index in [9.17, 15) is 0 Å². The topological polar surface area (TPSA) is 43.6 Å². The SMILES string of the molecule is CC(C)(C)c1ccc2c3ccccc3n(-c3ccc(-c4ccc[c]([Ge]([c]5ccccc5)([c]5ccccc5)[c]5ccccc5)c4)cc3-c3nc(-c4ccccc4)nc(-c4ccccc4)n3)c2c1. The van der Waals surface area contributed by atoms with Crippen LogP contribution in [0.2, 0.25) is 0 Å². The molecule has 11 rings (SSSR count). The van der Waals surface area contributed by atoms with Gasteiger partial charge in [-0.25, -0.2) is 0 Å². The number of hydrogen-bond acceptors (Lipinski definition) is 3. The number of rotatable bonds is 9. The summed E-state index contributed by atoms with van der Waals surface area (Å²) < 4.78 is 7.93. The van der Waals surface area contributed by atoms with Gasteiger partial charge in [-0.2, -0.15) is 0 Å². The van der Waals surface area contributed by atoms with Crippen LogP contribution in [-0.4, -0.2) is 32.8 Å². The van der Waals surface area contributed by atoms with Crippen LogP contribution < -0.4 is 17.6 Å². The van der Waals surface area contributed by atoms with Gasteiger partial charge in [0.15, 0.2) is 0 Å². The first kappa shape index (κ1) is 41.1. The van der Waals surface area contributed by atoms with Crippen LogP contribution in [0.15, 0.2) is 237 Å². The molecule has 316 valence electrons. The van der Waals surface area contributed by atoms with Crippen LogP contribution in [0.25, 0.3) is 72.8 Å². The molecular weight excluding hydrogens is 861 g/mol. The predicted octanol–water partition coefficient (Wildman–Crippen LogP) is 12.3. The van der Waals surface area contributed by atoms with Crippen molar-refractivity contribution in [3.8, 4) is 51.0 Å². The number of aromatic nitrogens is 4. The molecule has 11 aromatic rings. The Labute approximate surface area is 389 Å². The van der Waals surface area contributed by atoms with E-state index < -0.39 is 13.3 Å². The molecule has 2 aromatic heterocycles. The molecule has 0 atom stereocenters. The molecule has 66 heavy (non-hydrogen) atoms. The van der Waals surface area contributed by atoms with Crippen LogP contribution in [-0.2, 0) is 5.41 Å². The third-order valence-electron chi connectivity index (χ3n) is 13.0. The molecule has 5 heteroatoms. The van der Waals surface area contributed by atoms with Crippen molar-refractivity contribution in [1.29, 1.82) is 0 Å². The van der Waals surface area contributed by atoms with Crippen molar-refractivity contribution in [2.24, 2.45) is 0 Å². The van der Waals surface area contributed by atoms with E-state index >= 15 is 0 Å². The second-order valence-electron chi connectivity index (χ2n) is 18.0. The standard InChI is InChI=1S/C61H48GeN4/c1-61(2,3)47-37-38-53-52-34-19-20-35-55(52)66(57(53)42-47)56-39-36-46(41-54(56)60-64-58(43-22-9-4-10-23-43)63-59(65-60)44-24-11-5-12-25-44)45-26-21-33-51(40-45)62(48-27-13-6-14-28-48,49-29-15-7-16-30-49)50-31-17-8-18-32-50/h4-42H,1-3H3. The molecule has 9 aromatic carbocycles. The van der Waals surface area contributed by atoms with Gasteiger partial charge in [0.05, 0.1) is 0 Å². The number of benzene rings is 9. The Balaban J connectivity index is 1.20.